The number of alkyl halides is 1. The zero-order valence-corrected chi connectivity index (χ0v) is 8.55. The van der Waals surface area contributed by atoms with Gasteiger partial charge in [-0.05, 0) is 18.6 Å². The number of halogens is 1. The molecule has 13 heavy (non-hydrogen) atoms. The van der Waals surface area contributed by atoms with E-state index in [1.807, 2.05) is 0 Å². The van der Waals surface area contributed by atoms with Crippen molar-refractivity contribution in [3.05, 3.63) is 36.1 Å². The van der Waals surface area contributed by atoms with Crippen LogP contribution >= 0.6 is 11.6 Å². The van der Waals surface area contributed by atoms with Gasteiger partial charge in [-0.3, -0.25) is 0 Å². The highest BCUT2D eigenvalue weighted by molar-refractivity contribution is 7.93. The molecule has 0 aliphatic carbocycles. The molecular weight excluding hydrogens is 208 g/mol. The Kier molecular flexibility index (Phi) is 3.75. The normalized spacial score (nSPS) is 11.5. The molecule has 2 nitrogen and oxygen atoms in total. The van der Waals surface area contributed by atoms with Crippen molar-refractivity contribution in [3.63, 3.8) is 0 Å². The third kappa shape index (κ3) is 3.01. The Morgan fingerprint density at radius 2 is 1.85 bits per heavy atom. The first-order valence-corrected chi connectivity index (χ1v) is 5.94. The number of hydrogen-bond acceptors (Lipinski definition) is 2. The quantitative estimate of drug-likeness (QED) is 0.725. The Labute approximate surface area is 83.5 Å². The molecule has 0 N–H and O–H groups in total. The van der Waals surface area contributed by atoms with Crippen molar-refractivity contribution >= 4 is 21.4 Å². The van der Waals surface area contributed by atoms with Crippen molar-refractivity contribution in [2.75, 3.05) is 5.88 Å². The Morgan fingerprint density at radius 3 is 2.38 bits per heavy atom. The number of hydrogen-bond donors (Lipinski definition) is 0. The molecule has 0 spiro atoms. The summed E-state index contributed by atoms with van der Waals surface area (Å²) in [7, 11) is -3.23. The standard InChI is InChI=1S/C9H10ClO2S/c10-7-4-8-13(11,12)9-5-2-1-3-6-9/h1-3,5-6,8H,4,7H2. The second-order valence-corrected chi connectivity index (χ2v) is 4.78. The van der Waals surface area contributed by atoms with Crippen LogP contribution in [-0.2, 0) is 9.84 Å². The Morgan fingerprint density at radius 1 is 1.23 bits per heavy atom. The van der Waals surface area contributed by atoms with Gasteiger partial charge in [0.1, 0.15) is 0 Å². The van der Waals surface area contributed by atoms with E-state index in [1.54, 1.807) is 30.3 Å². The van der Waals surface area contributed by atoms with E-state index in [4.69, 9.17) is 11.6 Å². The molecule has 0 saturated carbocycles. The zero-order valence-electron chi connectivity index (χ0n) is 6.98. The van der Waals surface area contributed by atoms with E-state index in [0.29, 0.717) is 17.2 Å². The molecule has 4 heteroatoms. The van der Waals surface area contributed by atoms with E-state index in [0.717, 1.165) is 0 Å². The van der Waals surface area contributed by atoms with Gasteiger partial charge in [-0.2, -0.15) is 0 Å². The van der Waals surface area contributed by atoms with E-state index < -0.39 is 9.84 Å². The minimum absolute atomic E-state index is 0.320. The van der Waals surface area contributed by atoms with Crippen LogP contribution < -0.4 is 0 Å². The molecule has 1 radical (unpaired) electrons. The van der Waals surface area contributed by atoms with Crippen molar-refractivity contribution in [2.24, 2.45) is 0 Å². The van der Waals surface area contributed by atoms with E-state index in [-0.39, 0.29) is 0 Å². The lowest BCUT2D eigenvalue weighted by Gasteiger charge is -2.00. The van der Waals surface area contributed by atoms with Gasteiger partial charge in [-0.1, -0.05) is 18.2 Å². The maximum Gasteiger partial charge on any atom is 0.182 e. The highest BCUT2D eigenvalue weighted by Gasteiger charge is 2.12. The molecule has 0 amide bonds. The molecule has 0 atom stereocenters. The number of rotatable bonds is 4. The van der Waals surface area contributed by atoms with Gasteiger partial charge in [0, 0.05) is 5.88 Å². The van der Waals surface area contributed by atoms with Crippen LogP contribution in [0.1, 0.15) is 6.42 Å². The molecule has 0 aliphatic heterocycles. The first-order valence-electron chi connectivity index (χ1n) is 3.86. The van der Waals surface area contributed by atoms with E-state index >= 15 is 0 Å². The third-order valence-corrected chi connectivity index (χ3v) is 3.34. The largest absolute Gasteiger partial charge is 0.223 e. The molecule has 0 unspecified atom stereocenters. The van der Waals surface area contributed by atoms with Crippen molar-refractivity contribution in [1.82, 2.24) is 0 Å². The molecule has 0 fully saturated rings. The smallest absolute Gasteiger partial charge is 0.182 e. The summed E-state index contributed by atoms with van der Waals surface area (Å²) in [6.45, 7) is 0. The lowest BCUT2D eigenvalue weighted by atomic mass is 10.4. The van der Waals surface area contributed by atoms with Crippen LogP contribution in [0, 0.1) is 5.75 Å². The number of benzene rings is 1. The lowest BCUT2D eigenvalue weighted by Crippen LogP contribution is -2.01. The van der Waals surface area contributed by atoms with E-state index in [9.17, 15) is 8.42 Å². The minimum atomic E-state index is -3.23. The predicted octanol–water partition coefficient (Wildman–Crippen LogP) is 2.25. The van der Waals surface area contributed by atoms with Gasteiger partial charge in [-0.25, -0.2) is 8.42 Å². The molecule has 0 bridgehead atoms. The lowest BCUT2D eigenvalue weighted by molar-refractivity contribution is 0.600. The summed E-state index contributed by atoms with van der Waals surface area (Å²) >= 11 is 5.40. The van der Waals surface area contributed by atoms with Crippen molar-refractivity contribution in [1.29, 1.82) is 0 Å². The average molecular weight is 218 g/mol. The Hall–Kier alpha value is -0.540. The van der Waals surface area contributed by atoms with Crippen LogP contribution in [0.3, 0.4) is 0 Å². The topological polar surface area (TPSA) is 34.1 Å². The SMILES string of the molecule is O=S(=O)([CH]CCCl)c1ccccc1. The van der Waals surface area contributed by atoms with Gasteiger partial charge in [0.05, 0.1) is 10.6 Å². The molecule has 0 aliphatic rings. The van der Waals surface area contributed by atoms with Gasteiger partial charge >= 0.3 is 0 Å². The van der Waals surface area contributed by atoms with Crippen molar-refractivity contribution in [2.45, 2.75) is 11.3 Å². The van der Waals surface area contributed by atoms with Crippen LogP contribution in [0.2, 0.25) is 0 Å². The van der Waals surface area contributed by atoms with Crippen LogP contribution in [0.15, 0.2) is 35.2 Å². The molecular formula is C9H10ClO2S. The second kappa shape index (κ2) is 4.63. The first-order chi connectivity index (χ1) is 6.17. The molecule has 0 heterocycles. The summed E-state index contributed by atoms with van der Waals surface area (Å²) in [4.78, 5) is 0.320. The molecule has 0 saturated heterocycles. The molecule has 0 aromatic heterocycles. The van der Waals surface area contributed by atoms with Crippen LogP contribution in [0.25, 0.3) is 0 Å². The fraction of sp³-hybridized carbons (Fsp3) is 0.222. The van der Waals surface area contributed by atoms with Gasteiger partial charge in [0.25, 0.3) is 0 Å². The van der Waals surface area contributed by atoms with Crippen molar-refractivity contribution in [3.8, 4) is 0 Å². The minimum Gasteiger partial charge on any atom is -0.223 e. The average Bonchev–Trinajstić information content (AvgIpc) is 2.16. The fourth-order valence-electron chi connectivity index (χ4n) is 0.906. The molecule has 1 rings (SSSR count). The summed E-state index contributed by atoms with van der Waals surface area (Å²) in [6, 6.07) is 8.31. The van der Waals surface area contributed by atoms with Crippen LogP contribution in [-0.4, -0.2) is 14.3 Å². The molecule has 71 valence electrons. The summed E-state index contributed by atoms with van der Waals surface area (Å²) in [5.41, 5.74) is 0. The first kappa shape index (κ1) is 10.5. The van der Waals surface area contributed by atoms with E-state index in [2.05, 4.69) is 0 Å². The van der Waals surface area contributed by atoms with Gasteiger partial charge in [-0.15, -0.1) is 11.6 Å². The summed E-state index contributed by atoms with van der Waals surface area (Å²) in [6.07, 6.45) is 0.374. The molecule has 1 aromatic carbocycles. The second-order valence-electron chi connectivity index (χ2n) is 2.50. The molecule has 1 aromatic rings. The van der Waals surface area contributed by atoms with Crippen molar-refractivity contribution < 1.29 is 8.42 Å². The highest BCUT2D eigenvalue weighted by atomic mass is 35.5. The summed E-state index contributed by atoms with van der Waals surface area (Å²) in [5.74, 6) is 1.57. The maximum absolute atomic E-state index is 11.5. The van der Waals surface area contributed by atoms with Gasteiger partial charge in [0.15, 0.2) is 9.84 Å². The predicted molar refractivity (Wildman–Crippen MR) is 53.3 cm³/mol. The highest BCUT2D eigenvalue weighted by Crippen LogP contribution is 2.14. The maximum atomic E-state index is 11.5. The van der Waals surface area contributed by atoms with Crippen LogP contribution in [0.5, 0.6) is 0 Å². The zero-order chi connectivity index (χ0) is 9.73. The summed E-state index contributed by atoms with van der Waals surface area (Å²) in [5, 5.41) is 0. The van der Waals surface area contributed by atoms with Crippen LogP contribution in [0.4, 0.5) is 0 Å². The summed E-state index contributed by atoms with van der Waals surface area (Å²) < 4.78 is 23.0. The fourth-order valence-corrected chi connectivity index (χ4v) is 2.30. The Balaban J connectivity index is 2.83. The van der Waals surface area contributed by atoms with E-state index in [1.165, 1.54) is 5.75 Å². The van der Waals surface area contributed by atoms with Gasteiger partial charge in [0.2, 0.25) is 0 Å². The monoisotopic (exact) mass is 217 g/mol. The van der Waals surface area contributed by atoms with Gasteiger partial charge < -0.3 is 0 Å². The third-order valence-electron chi connectivity index (χ3n) is 1.52. The number of sulfone groups is 1. The Bertz CT molecular complexity index is 345.